The summed E-state index contributed by atoms with van der Waals surface area (Å²) in [6, 6.07) is 34.8. The Morgan fingerprint density at radius 3 is 1.03 bits per heavy atom. The van der Waals surface area contributed by atoms with E-state index in [1.807, 2.05) is 0 Å². The van der Waals surface area contributed by atoms with Gasteiger partial charge >= 0.3 is 35.8 Å². The highest BCUT2D eigenvalue weighted by Gasteiger charge is 2.26. The minimum Gasteiger partial charge on any atom is -0.494 e. The number of carbonyl (C=O) groups excluding carboxylic acids is 6. The Bertz CT molecular complexity index is 3410. The number of carbonyl (C=O) groups is 6. The molecule has 0 aromatic heterocycles. The summed E-state index contributed by atoms with van der Waals surface area (Å²) < 4.78 is 45.9. The standard InChI is InChI=1S/C73H78N2O18/c1-4-6-8-10-12-14-16-18-20-45-86-58-37-29-54(30-38-58)68(76)90-60-41-43-66(64(47-60)70(78)88-49-52-25-33-56(34-26-52)74(82)83)92-72(80)62-23-22-24-63(51(62)3)73(81)93-67-44-42-61(48-65(67)71(79)89-50-53-27-35-57(36-28-53)75(84)85)91-69(77)55-31-39-59(40-32-55)87-46-21-19-17-15-13-11-9-7-5-2/h22-44,47-48H,4-21,45-46,49-50H2,1-3H3. The maximum absolute atomic E-state index is 14.2. The van der Waals surface area contributed by atoms with E-state index in [0.29, 0.717) is 35.8 Å². The summed E-state index contributed by atoms with van der Waals surface area (Å²) in [5, 5.41) is 22.5. The molecule has 0 saturated carbocycles. The third kappa shape index (κ3) is 22.6. The van der Waals surface area contributed by atoms with Gasteiger partial charge in [0.15, 0.2) is 0 Å². The van der Waals surface area contributed by atoms with Gasteiger partial charge in [0.25, 0.3) is 11.4 Å². The molecule has 93 heavy (non-hydrogen) atoms. The van der Waals surface area contributed by atoms with Crippen LogP contribution in [0.2, 0.25) is 0 Å². The lowest BCUT2D eigenvalue weighted by Gasteiger charge is -2.15. The van der Waals surface area contributed by atoms with Crippen LogP contribution in [0, 0.1) is 27.2 Å². The smallest absolute Gasteiger partial charge is 0.343 e. The number of nitro groups is 2. The highest BCUT2D eigenvalue weighted by molar-refractivity contribution is 6.02. The molecule has 0 bridgehead atoms. The molecule has 0 heterocycles. The van der Waals surface area contributed by atoms with Gasteiger partial charge in [-0.15, -0.1) is 0 Å². The van der Waals surface area contributed by atoms with Gasteiger partial charge in [-0.25, -0.2) is 28.8 Å². The largest absolute Gasteiger partial charge is 0.494 e. The maximum atomic E-state index is 14.2. The molecule has 7 rings (SSSR count). The number of ether oxygens (including phenoxy) is 8. The van der Waals surface area contributed by atoms with Gasteiger partial charge in [-0.1, -0.05) is 123 Å². The fourth-order valence-corrected chi connectivity index (χ4v) is 9.82. The minimum absolute atomic E-state index is 0.0491. The van der Waals surface area contributed by atoms with E-state index in [1.54, 1.807) is 48.5 Å². The van der Waals surface area contributed by atoms with Crippen molar-refractivity contribution in [3.05, 3.63) is 222 Å². The quantitative estimate of drug-likeness (QED) is 0.0114. The molecule has 0 radical (unpaired) electrons. The molecule has 0 spiro atoms. The highest BCUT2D eigenvalue weighted by atomic mass is 16.6. The predicted molar refractivity (Wildman–Crippen MR) is 347 cm³/mol. The molecule has 0 N–H and O–H groups in total. The zero-order valence-corrected chi connectivity index (χ0v) is 52.7. The molecule has 0 fully saturated rings. The molecule has 0 aliphatic carbocycles. The molecule has 20 heteroatoms. The van der Waals surface area contributed by atoms with Crippen LogP contribution in [0.1, 0.15) is 208 Å². The second kappa shape index (κ2) is 37.2. The SMILES string of the molecule is CCCCCCCCCCCOc1ccc(C(=O)Oc2ccc(OC(=O)c3cccc(C(=O)Oc4ccc(OC(=O)c5ccc(OCCCCCCCCCCC)cc5)cc4C(=O)OCc4ccc([N+](=O)[O-])cc4)c3C)c(C(=O)OCc3ccc([N+](=O)[O-])cc3)c2)cc1. The minimum atomic E-state index is -1.05. The molecule has 20 nitrogen and oxygen atoms in total. The first kappa shape index (κ1) is 70.2. The van der Waals surface area contributed by atoms with Gasteiger partial charge in [0, 0.05) is 24.3 Å². The summed E-state index contributed by atoms with van der Waals surface area (Å²) >= 11 is 0. The van der Waals surface area contributed by atoms with E-state index in [4.69, 9.17) is 37.9 Å². The zero-order chi connectivity index (χ0) is 66.3. The van der Waals surface area contributed by atoms with Gasteiger partial charge < -0.3 is 37.9 Å². The number of rotatable bonds is 38. The van der Waals surface area contributed by atoms with Crippen LogP contribution >= 0.6 is 0 Å². The fraction of sp³-hybridized carbons (Fsp3) is 0.342. The van der Waals surface area contributed by atoms with Crippen molar-refractivity contribution in [1.82, 2.24) is 0 Å². The number of nitro benzene ring substituents is 2. The normalized spacial score (nSPS) is 10.8. The molecule has 488 valence electrons. The molecule has 0 atom stereocenters. The Balaban J connectivity index is 1.04. The van der Waals surface area contributed by atoms with Gasteiger partial charge in [-0.05, 0) is 158 Å². The lowest BCUT2D eigenvalue weighted by Crippen LogP contribution is -2.18. The van der Waals surface area contributed by atoms with Gasteiger partial charge in [-0.2, -0.15) is 0 Å². The monoisotopic (exact) mass is 1270 g/mol. The Morgan fingerprint density at radius 1 is 0.355 bits per heavy atom. The predicted octanol–water partition coefficient (Wildman–Crippen LogP) is 17.2. The first-order valence-corrected chi connectivity index (χ1v) is 31.6. The van der Waals surface area contributed by atoms with Crippen molar-refractivity contribution in [1.29, 1.82) is 0 Å². The molecule has 7 aromatic rings. The van der Waals surface area contributed by atoms with Crippen molar-refractivity contribution in [2.24, 2.45) is 0 Å². The Labute approximate surface area is 540 Å². The summed E-state index contributed by atoms with van der Waals surface area (Å²) in [6.45, 7) is 6.18. The topological polar surface area (TPSA) is 263 Å². The van der Waals surface area contributed by atoms with Crippen molar-refractivity contribution in [2.45, 2.75) is 150 Å². The van der Waals surface area contributed by atoms with Crippen LogP contribution in [0.15, 0.2) is 152 Å². The van der Waals surface area contributed by atoms with Crippen LogP contribution in [0.5, 0.6) is 34.5 Å². The van der Waals surface area contributed by atoms with Crippen molar-refractivity contribution >= 4 is 47.2 Å². The van der Waals surface area contributed by atoms with Crippen molar-refractivity contribution in [2.75, 3.05) is 13.2 Å². The molecular formula is C73H78N2O18. The summed E-state index contributed by atoms with van der Waals surface area (Å²) in [6.07, 6.45) is 21.2. The Kier molecular flexibility index (Phi) is 28.1. The van der Waals surface area contributed by atoms with E-state index in [-0.39, 0.29) is 86.5 Å². The molecule has 7 aromatic carbocycles. The molecule has 0 unspecified atom stereocenters. The van der Waals surface area contributed by atoms with E-state index in [9.17, 15) is 49.0 Å². The highest BCUT2D eigenvalue weighted by Crippen LogP contribution is 2.32. The number of unbranched alkanes of at least 4 members (excludes halogenated alkanes) is 16. The second-order valence-corrected chi connectivity index (χ2v) is 22.3. The number of esters is 6. The van der Waals surface area contributed by atoms with Crippen LogP contribution in [0.3, 0.4) is 0 Å². The van der Waals surface area contributed by atoms with E-state index < -0.39 is 45.7 Å². The van der Waals surface area contributed by atoms with E-state index in [0.717, 1.165) is 50.7 Å². The first-order valence-electron chi connectivity index (χ1n) is 31.6. The van der Waals surface area contributed by atoms with Crippen molar-refractivity contribution in [3.63, 3.8) is 0 Å². The summed E-state index contributed by atoms with van der Waals surface area (Å²) in [5.41, 5.74) is -0.207. The van der Waals surface area contributed by atoms with Crippen LogP contribution < -0.4 is 28.4 Å². The number of nitrogens with zero attached hydrogens (tertiary/aromatic N) is 2. The Morgan fingerprint density at radius 2 is 0.688 bits per heavy atom. The number of benzene rings is 7. The molecular weight excluding hydrogens is 1190 g/mol. The van der Waals surface area contributed by atoms with Gasteiger partial charge in [0.1, 0.15) is 58.8 Å². The number of non-ortho nitro benzene ring substituents is 2. The number of hydrogen-bond donors (Lipinski definition) is 0. The third-order valence-corrected chi connectivity index (χ3v) is 15.2. The third-order valence-electron chi connectivity index (χ3n) is 15.2. The van der Waals surface area contributed by atoms with Crippen LogP contribution in [0.4, 0.5) is 11.4 Å². The maximum Gasteiger partial charge on any atom is 0.343 e. The van der Waals surface area contributed by atoms with E-state index >= 15 is 0 Å². The van der Waals surface area contributed by atoms with Gasteiger partial charge in [-0.3, -0.25) is 20.2 Å². The van der Waals surface area contributed by atoms with Gasteiger partial charge in [0.2, 0.25) is 0 Å². The molecule has 0 amide bonds. The average molecular weight is 1270 g/mol. The summed E-state index contributed by atoms with van der Waals surface area (Å²) in [5.74, 6) is -5.46. The first-order chi connectivity index (χ1) is 45.1. The molecule has 0 aliphatic heterocycles. The van der Waals surface area contributed by atoms with Crippen LogP contribution in [-0.4, -0.2) is 58.9 Å². The summed E-state index contributed by atoms with van der Waals surface area (Å²) in [4.78, 5) is 104. The zero-order valence-electron chi connectivity index (χ0n) is 52.7. The molecule has 0 saturated heterocycles. The van der Waals surface area contributed by atoms with Crippen molar-refractivity contribution in [3.8, 4) is 34.5 Å². The van der Waals surface area contributed by atoms with Crippen molar-refractivity contribution < 1.29 is 76.5 Å². The van der Waals surface area contributed by atoms with Crippen LogP contribution in [-0.2, 0) is 22.7 Å². The fourth-order valence-electron chi connectivity index (χ4n) is 9.82. The van der Waals surface area contributed by atoms with E-state index in [1.165, 1.54) is 175 Å². The van der Waals surface area contributed by atoms with Gasteiger partial charge in [0.05, 0.1) is 45.3 Å². The lowest BCUT2D eigenvalue weighted by atomic mass is 10.0. The Hall–Kier alpha value is -10.2. The second-order valence-electron chi connectivity index (χ2n) is 22.3. The number of hydrogen-bond acceptors (Lipinski definition) is 18. The average Bonchev–Trinajstić information content (AvgIpc) is 1.50. The summed E-state index contributed by atoms with van der Waals surface area (Å²) in [7, 11) is 0. The lowest BCUT2D eigenvalue weighted by molar-refractivity contribution is -0.385. The molecule has 0 aliphatic rings. The van der Waals surface area contributed by atoms with E-state index in [2.05, 4.69) is 13.8 Å². The van der Waals surface area contributed by atoms with Crippen LogP contribution in [0.25, 0.3) is 0 Å².